The van der Waals surface area contributed by atoms with Gasteiger partial charge in [-0.15, -0.1) is 0 Å². The van der Waals surface area contributed by atoms with E-state index in [4.69, 9.17) is 0 Å². The molecule has 1 N–H and O–H groups in total. The van der Waals surface area contributed by atoms with Crippen LogP contribution in [0.5, 0.6) is 0 Å². The van der Waals surface area contributed by atoms with Gasteiger partial charge in [0.15, 0.2) is 0 Å². The summed E-state index contributed by atoms with van der Waals surface area (Å²) in [5.74, 6) is 0.607. The van der Waals surface area contributed by atoms with Crippen LogP contribution in [0, 0.1) is 11.7 Å². The zero-order valence-electron chi connectivity index (χ0n) is 11.5. The SMILES string of the molecule is CCNC(C)c1c(F)cccc1N1CCC(C)C1. The van der Waals surface area contributed by atoms with Crippen LogP contribution in [0.1, 0.15) is 38.8 Å². The van der Waals surface area contributed by atoms with Crippen molar-refractivity contribution in [2.45, 2.75) is 33.2 Å². The second kappa shape index (κ2) is 5.70. The lowest BCUT2D eigenvalue weighted by Gasteiger charge is -2.25. The number of nitrogens with one attached hydrogen (secondary N) is 1. The maximum absolute atomic E-state index is 14.1. The summed E-state index contributed by atoms with van der Waals surface area (Å²) >= 11 is 0. The molecule has 1 aromatic rings. The van der Waals surface area contributed by atoms with E-state index >= 15 is 0 Å². The summed E-state index contributed by atoms with van der Waals surface area (Å²) in [6, 6.07) is 5.48. The van der Waals surface area contributed by atoms with Gasteiger partial charge >= 0.3 is 0 Å². The van der Waals surface area contributed by atoms with Crippen LogP contribution in [-0.2, 0) is 0 Å². The third kappa shape index (κ3) is 2.66. The Morgan fingerprint density at radius 1 is 1.50 bits per heavy atom. The zero-order valence-corrected chi connectivity index (χ0v) is 11.5. The summed E-state index contributed by atoms with van der Waals surface area (Å²) in [6.45, 7) is 9.27. The van der Waals surface area contributed by atoms with E-state index in [1.807, 2.05) is 19.1 Å². The number of hydrogen-bond acceptors (Lipinski definition) is 2. The van der Waals surface area contributed by atoms with Gasteiger partial charge in [0.05, 0.1) is 0 Å². The summed E-state index contributed by atoms with van der Waals surface area (Å²) in [6.07, 6.45) is 1.20. The molecule has 0 spiro atoms. The monoisotopic (exact) mass is 250 g/mol. The van der Waals surface area contributed by atoms with Gasteiger partial charge in [-0.3, -0.25) is 0 Å². The van der Waals surface area contributed by atoms with Crippen LogP contribution < -0.4 is 10.2 Å². The predicted octanol–water partition coefficient (Wildman–Crippen LogP) is 3.34. The number of halogens is 1. The van der Waals surface area contributed by atoms with Crippen LogP contribution in [0.25, 0.3) is 0 Å². The molecule has 1 fully saturated rings. The van der Waals surface area contributed by atoms with Gasteiger partial charge in [-0.05, 0) is 37.9 Å². The van der Waals surface area contributed by atoms with E-state index in [1.165, 1.54) is 6.42 Å². The zero-order chi connectivity index (χ0) is 13.1. The molecule has 1 aromatic carbocycles. The fraction of sp³-hybridized carbons (Fsp3) is 0.600. The highest BCUT2D eigenvalue weighted by Gasteiger charge is 2.24. The van der Waals surface area contributed by atoms with Crippen molar-refractivity contribution in [3.05, 3.63) is 29.6 Å². The van der Waals surface area contributed by atoms with Crippen LogP contribution in [0.2, 0.25) is 0 Å². The summed E-state index contributed by atoms with van der Waals surface area (Å²) in [7, 11) is 0. The molecule has 1 heterocycles. The lowest BCUT2D eigenvalue weighted by molar-refractivity contribution is 0.540. The van der Waals surface area contributed by atoms with Gasteiger partial charge in [0, 0.05) is 30.4 Å². The number of benzene rings is 1. The second-order valence-electron chi connectivity index (χ2n) is 5.29. The number of hydrogen-bond donors (Lipinski definition) is 1. The Morgan fingerprint density at radius 3 is 2.89 bits per heavy atom. The molecule has 2 rings (SSSR count). The maximum Gasteiger partial charge on any atom is 0.130 e. The van der Waals surface area contributed by atoms with Crippen LogP contribution >= 0.6 is 0 Å². The molecule has 1 aliphatic rings. The van der Waals surface area contributed by atoms with Gasteiger partial charge < -0.3 is 10.2 Å². The molecular formula is C15H23FN2. The molecule has 0 bridgehead atoms. The Bertz CT molecular complexity index is 405. The third-order valence-corrected chi connectivity index (χ3v) is 3.74. The summed E-state index contributed by atoms with van der Waals surface area (Å²) in [5.41, 5.74) is 1.88. The van der Waals surface area contributed by atoms with Gasteiger partial charge in [-0.25, -0.2) is 4.39 Å². The molecule has 0 aliphatic carbocycles. The first-order valence-corrected chi connectivity index (χ1v) is 6.90. The number of rotatable bonds is 4. The standard InChI is InChI=1S/C15H23FN2/c1-4-17-12(3)15-13(16)6-5-7-14(15)18-9-8-11(2)10-18/h5-7,11-12,17H,4,8-10H2,1-3H3. The van der Waals surface area contributed by atoms with Gasteiger partial charge in [0.1, 0.15) is 5.82 Å². The summed E-state index contributed by atoms with van der Waals surface area (Å²) in [5, 5.41) is 3.31. The maximum atomic E-state index is 14.1. The van der Waals surface area contributed by atoms with Crippen LogP contribution in [0.3, 0.4) is 0 Å². The average Bonchev–Trinajstić information content (AvgIpc) is 2.75. The third-order valence-electron chi connectivity index (χ3n) is 3.74. The van der Waals surface area contributed by atoms with E-state index in [1.54, 1.807) is 6.07 Å². The first-order chi connectivity index (χ1) is 8.63. The van der Waals surface area contributed by atoms with Gasteiger partial charge in [-0.1, -0.05) is 19.9 Å². The molecule has 2 nitrogen and oxygen atoms in total. The lowest BCUT2D eigenvalue weighted by Crippen LogP contribution is -2.25. The smallest absolute Gasteiger partial charge is 0.130 e. The highest BCUT2D eigenvalue weighted by Crippen LogP contribution is 2.32. The first kappa shape index (κ1) is 13.3. The van der Waals surface area contributed by atoms with Crippen LogP contribution in [-0.4, -0.2) is 19.6 Å². The minimum Gasteiger partial charge on any atom is -0.371 e. The van der Waals surface area contributed by atoms with E-state index in [0.717, 1.165) is 30.9 Å². The molecule has 3 heteroatoms. The minimum atomic E-state index is -0.0968. The molecule has 18 heavy (non-hydrogen) atoms. The number of anilines is 1. The molecule has 100 valence electrons. The Morgan fingerprint density at radius 2 is 2.28 bits per heavy atom. The highest BCUT2D eigenvalue weighted by molar-refractivity contribution is 5.56. The van der Waals surface area contributed by atoms with E-state index < -0.39 is 0 Å². The predicted molar refractivity (Wildman–Crippen MR) is 74.5 cm³/mol. The van der Waals surface area contributed by atoms with Crippen molar-refractivity contribution in [2.24, 2.45) is 5.92 Å². The summed E-state index contributed by atoms with van der Waals surface area (Å²) in [4.78, 5) is 2.32. The molecule has 0 aromatic heterocycles. The van der Waals surface area contributed by atoms with Crippen LogP contribution in [0.4, 0.5) is 10.1 Å². The fourth-order valence-corrected chi connectivity index (χ4v) is 2.79. The second-order valence-corrected chi connectivity index (χ2v) is 5.29. The van der Waals surface area contributed by atoms with Gasteiger partial charge in [0.25, 0.3) is 0 Å². The van der Waals surface area contributed by atoms with Crippen molar-refractivity contribution in [3.8, 4) is 0 Å². The minimum absolute atomic E-state index is 0.0575. The molecule has 0 radical (unpaired) electrons. The first-order valence-electron chi connectivity index (χ1n) is 6.90. The molecule has 0 saturated carbocycles. The average molecular weight is 250 g/mol. The van der Waals surface area contributed by atoms with Crippen molar-refractivity contribution in [3.63, 3.8) is 0 Å². The topological polar surface area (TPSA) is 15.3 Å². The van der Waals surface area contributed by atoms with E-state index in [-0.39, 0.29) is 11.9 Å². The molecule has 2 unspecified atom stereocenters. The van der Waals surface area contributed by atoms with E-state index in [2.05, 4.69) is 24.1 Å². The van der Waals surface area contributed by atoms with Crippen molar-refractivity contribution in [2.75, 3.05) is 24.5 Å². The van der Waals surface area contributed by atoms with Crippen molar-refractivity contribution >= 4 is 5.69 Å². The van der Waals surface area contributed by atoms with Crippen LogP contribution in [0.15, 0.2) is 18.2 Å². The quantitative estimate of drug-likeness (QED) is 0.881. The largest absolute Gasteiger partial charge is 0.371 e. The molecule has 0 amide bonds. The van der Waals surface area contributed by atoms with E-state index in [0.29, 0.717) is 5.92 Å². The Labute approximate surface area is 109 Å². The fourth-order valence-electron chi connectivity index (χ4n) is 2.79. The Balaban J connectivity index is 2.31. The Kier molecular flexibility index (Phi) is 4.23. The molecule has 1 saturated heterocycles. The summed E-state index contributed by atoms with van der Waals surface area (Å²) < 4.78 is 14.1. The molecular weight excluding hydrogens is 227 g/mol. The molecule has 1 aliphatic heterocycles. The van der Waals surface area contributed by atoms with E-state index in [9.17, 15) is 4.39 Å². The number of nitrogens with zero attached hydrogens (tertiary/aromatic N) is 1. The lowest BCUT2D eigenvalue weighted by atomic mass is 10.0. The van der Waals surface area contributed by atoms with Crippen molar-refractivity contribution in [1.29, 1.82) is 0 Å². The van der Waals surface area contributed by atoms with Crippen molar-refractivity contribution < 1.29 is 4.39 Å². The van der Waals surface area contributed by atoms with Gasteiger partial charge in [0.2, 0.25) is 0 Å². The van der Waals surface area contributed by atoms with Crippen molar-refractivity contribution in [1.82, 2.24) is 5.32 Å². The molecule has 2 atom stereocenters. The highest BCUT2D eigenvalue weighted by atomic mass is 19.1. The Hall–Kier alpha value is -1.09. The normalized spacial score (nSPS) is 21.3. The van der Waals surface area contributed by atoms with Gasteiger partial charge in [-0.2, -0.15) is 0 Å².